The zero-order chi connectivity index (χ0) is 22.9. The summed E-state index contributed by atoms with van der Waals surface area (Å²) in [6.45, 7) is 0. The number of halogens is 3. The number of fused-ring (bicyclic) bond motifs is 1. The molecule has 2 aromatic heterocycles. The number of benzene rings is 2. The van der Waals surface area contributed by atoms with Crippen LogP contribution in [-0.4, -0.2) is 30.7 Å². The number of nitrogens with one attached hydrogen (secondary N) is 2. The van der Waals surface area contributed by atoms with E-state index >= 15 is 0 Å². The van der Waals surface area contributed by atoms with Gasteiger partial charge in [-0.15, -0.1) is 5.10 Å². The quantitative estimate of drug-likeness (QED) is 0.456. The minimum atomic E-state index is -4.24. The van der Waals surface area contributed by atoms with E-state index in [1.54, 1.807) is 6.07 Å². The minimum Gasteiger partial charge on any atom is -0.479 e. The molecule has 0 atom stereocenters. The number of H-pyrrole nitrogens is 1. The van der Waals surface area contributed by atoms with E-state index in [0.29, 0.717) is 16.6 Å². The maximum atomic E-state index is 14.9. The van der Waals surface area contributed by atoms with Crippen LogP contribution in [0.1, 0.15) is 11.1 Å². The van der Waals surface area contributed by atoms with Crippen molar-refractivity contribution in [2.45, 2.75) is 4.90 Å². The minimum absolute atomic E-state index is 0.283. The highest BCUT2D eigenvalue weighted by molar-refractivity contribution is 7.92. The maximum absolute atomic E-state index is 14.9. The lowest BCUT2D eigenvalue weighted by Crippen LogP contribution is -2.14. The van der Waals surface area contributed by atoms with Crippen LogP contribution >= 0.6 is 0 Å². The summed E-state index contributed by atoms with van der Waals surface area (Å²) in [6.07, 6.45) is 1.38. The van der Waals surface area contributed by atoms with Crippen LogP contribution in [-0.2, 0) is 10.0 Å². The van der Waals surface area contributed by atoms with Crippen molar-refractivity contribution in [1.29, 1.82) is 0 Å². The molecule has 4 aromatic rings. The average Bonchev–Trinajstić information content (AvgIpc) is 3.18. The SMILES string of the molecule is COc1n[nH]c2ncc(C#Cc3c(F)ccc(NS(=O)(=O)c4ccc(F)cc4)c3F)cc12. The highest BCUT2D eigenvalue weighted by atomic mass is 32.2. The smallest absolute Gasteiger partial charge is 0.261 e. The standard InChI is InChI=1S/C21H13F3N4O3S/c1-31-21-16-10-12(11-25-20(16)26-27-21)2-7-15-17(23)8-9-18(19(15)24)28-32(29,30)14-5-3-13(22)4-6-14/h3-6,8-11,28H,1H3,(H,25,26,27). The summed E-state index contributed by atoms with van der Waals surface area (Å²) in [5.41, 5.74) is -0.371. The van der Waals surface area contributed by atoms with Crippen molar-refractivity contribution in [3.63, 3.8) is 0 Å². The second-order valence-corrected chi connectivity index (χ2v) is 8.13. The van der Waals surface area contributed by atoms with E-state index in [-0.39, 0.29) is 10.8 Å². The number of aromatic amines is 1. The molecule has 0 saturated heterocycles. The van der Waals surface area contributed by atoms with Crippen LogP contribution in [0.25, 0.3) is 11.0 Å². The molecule has 11 heteroatoms. The van der Waals surface area contributed by atoms with Crippen LogP contribution in [0, 0.1) is 29.3 Å². The lowest BCUT2D eigenvalue weighted by Gasteiger charge is -2.10. The molecule has 0 radical (unpaired) electrons. The van der Waals surface area contributed by atoms with Gasteiger partial charge in [-0.3, -0.25) is 9.82 Å². The lowest BCUT2D eigenvalue weighted by molar-refractivity contribution is 0.401. The number of nitrogens with zero attached hydrogens (tertiary/aromatic N) is 2. The molecule has 0 bridgehead atoms. The van der Waals surface area contributed by atoms with E-state index in [9.17, 15) is 21.6 Å². The lowest BCUT2D eigenvalue weighted by atomic mass is 10.1. The van der Waals surface area contributed by atoms with E-state index in [2.05, 4.69) is 27.0 Å². The predicted molar refractivity (Wildman–Crippen MR) is 110 cm³/mol. The van der Waals surface area contributed by atoms with Gasteiger partial charge in [-0.1, -0.05) is 11.8 Å². The van der Waals surface area contributed by atoms with Crippen LogP contribution in [0.4, 0.5) is 18.9 Å². The summed E-state index contributed by atoms with van der Waals surface area (Å²) in [6, 6.07) is 7.34. The first-order valence-corrected chi connectivity index (χ1v) is 10.4. The van der Waals surface area contributed by atoms with E-state index in [1.807, 2.05) is 4.72 Å². The third-order valence-electron chi connectivity index (χ3n) is 4.37. The Labute approximate surface area is 180 Å². The average molecular weight is 458 g/mol. The highest BCUT2D eigenvalue weighted by Gasteiger charge is 2.19. The summed E-state index contributed by atoms with van der Waals surface area (Å²) in [5, 5.41) is 7.11. The summed E-state index contributed by atoms with van der Waals surface area (Å²) in [4.78, 5) is 3.82. The van der Waals surface area contributed by atoms with E-state index in [1.165, 1.54) is 13.3 Å². The molecule has 0 unspecified atom stereocenters. The maximum Gasteiger partial charge on any atom is 0.261 e. The molecule has 0 saturated carbocycles. The Morgan fingerprint density at radius 3 is 2.53 bits per heavy atom. The van der Waals surface area contributed by atoms with Gasteiger partial charge in [0.25, 0.3) is 10.0 Å². The third kappa shape index (κ3) is 4.08. The molecule has 0 aliphatic rings. The zero-order valence-electron chi connectivity index (χ0n) is 16.3. The number of hydrogen-bond donors (Lipinski definition) is 2. The second-order valence-electron chi connectivity index (χ2n) is 6.45. The van der Waals surface area contributed by atoms with Crippen LogP contribution < -0.4 is 9.46 Å². The largest absolute Gasteiger partial charge is 0.479 e. The van der Waals surface area contributed by atoms with Gasteiger partial charge in [0, 0.05) is 11.8 Å². The molecule has 7 nitrogen and oxygen atoms in total. The number of methoxy groups -OCH3 is 1. The normalized spacial score (nSPS) is 11.1. The van der Waals surface area contributed by atoms with E-state index in [4.69, 9.17) is 4.74 Å². The van der Waals surface area contributed by atoms with Crippen molar-refractivity contribution < 1.29 is 26.3 Å². The Bertz CT molecular complexity index is 1490. The fourth-order valence-electron chi connectivity index (χ4n) is 2.80. The second kappa shape index (κ2) is 8.24. The van der Waals surface area contributed by atoms with Gasteiger partial charge in [0.1, 0.15) is 11.6 Å². The molecule has 0 spiro atoms. The Morgan fingerprint density at radius 1 is 1.06 bits per heavy atom. The van der Waals surface area contributed by atoms with Crippen molar-refractivity contribution in [3.05, 3.63) is 77.2 Å². The molecule has 2 N–H and O–H groups in total. The summed E-state index contributed by atoms with van der Waals surface area (Å²) in [7, 11) is -2.81. The predicted octanol–water partition coefficient (Wildman–Crippen LogP) is 3.58. The number of aromatic nitrogens is 3. The summed E-state index contributed by atoms with van der Waals surface area (Å²) < 4.78 is 74.2. The van der Waals surface area contributed by atoms with Crippen LogP contribution in [0.3, 0.4) is 0 Å². The Morgan fingerprint density at radius 2 is 1.81 bits per heavy atom. The number of rotatable bonds is 4. The van der Waals surface area contributed by atoms with Gasteiger partial charge in [0.05, 0.1) is 28.6 Å². The zero-order valence-corrected chi connectivity index (χ0v) is 17.1. The Balaban J connectivity index is 1.68. The molecule has 162 valence electrons. The molecule has 0 aliphatic heterocycles. The number of hydrogen-bond acceptors (Lipinski definition) is 5. The van der Waals surface area contributed by atoms with Crippen LogP contribution in [0.2, 0.25) is 0 Å². The number of pyridine rings is 1. The first kappa shape index (κ1) is 21.2. The van der Waals surface area contributed by atoms with Crippen molar-refractivity contribution in [3.8, 4) is 17.7 Å². The van der Waals surface area contributed by atoms with Crippen molar-refractivity contribution >= 4 is 26.7 Å². The summed E-state index contributed by atoms with van der Waals surface area (Å²) >= 11 is 0. The van der Waals surface area contributed by atoms with Crippen LogP contribution in [0.15, 0.2) is 53.6 Å². The Hall–Kier alpha value is -4.04. The number of sulfonamides is 1. The molecule has 2 heterocycles. The van der Waals surface area contributed by atoms with Crippen molar-refractivity contribution in [2.75, 3.05) is 11.8 Å². The fraction of sp³-hybridized carbons (Fsp3) is 0.0476. The number of ether oxygens (including phenoxy) is 1. The first-order chi connectivity index (χ1) is 15.3. The highest BCUT2D eigenvalue weighted by Crippen LogP contribution is 2.24. The van der Waals surface area contributed by atoms with E-state index in [0.717, 1.165) is 36.4 Å². The van der Waals surface area contributed by atoms with Crippen LogP contribution in [0.5, 0.6) is 5.88 Å². The van der Waals surface area contributed by atoms with E-state index < -0.39 is 38.7 Å². The first-order valence-electron chi connectivity index (χ1n) is 8.95. The molecule has 0 amide bonds. The molecule has 4 rings (SSSR count). The Kier molecular flexibility index (Phi) is 5.46. The third-order valence-corrected chi connectivity index (χ3v) is 5.75. The van der Waals surface area contributed by atoms with Gasteiger partial charge in [-0.2, -0.15) is 0 Å². The number of anilines is 1. The fourth-order valence-corrected chi connectivity index (χ4v) is 3.86. The molecule has 32 heavy (non-hydrogen) atoms. The van der Waals surface area contributed by atoms with Gasteiger partial charge >= 0.3 is 0 Å². The van der Waals surface area contributed by atoms with Gasteiger partial charge < -0.3 is 4.74 Å². The molecule has 0 aliphatic carbocycles. The molecule has 2 aromatic carbocycles. The van der Waals surface area contributed by atoms with Crippen molar-refractivity contribution in [2.24, 2.45) is 0 Å². The summed E-state index contributed by atoms with van der Waals surface area (Å²) in [5.74, 6) is 2.44. The van der Waals surface area contributed by atoms with Gasteiger partial charge in [-0.25, -0.2) is 26.6 Å². The van der Waals surface area contributed by atoms with Gasteiger partial charge in [0.15, 0.2) is 11.5 Å². The van der Waals surface area contributed by atoms with Crippen molar-refractivity contribution in [1.82, 2.24) is 15.2 Å². The monoisotopic (exact) mass is 458 g/mol. The van der Waals surface area contributed by atoms with Gasteiger partial charge in [0.2, 0.25) is 5.88 Å². The topological polar surface area (TPSA) is 97.0 Å². The van der Waals surface area contributed by atoms with Gasteiger partial charge in [-0.05, 0) is 42.5 Å². The molecular weight excluding hydrogens is 445 g/mol. The molecular formula is C21H13F3N4O3S. The molecule has 0 fully saturated rings.